The molecule has 88 valence electrons. The van der Waals surface area contributed by atoms with E-state index in [0.29, 0.717) is 0 Å². The number of hydrogen-bond acceptors (Lipinski definition) is 5. The second-order valence-electron chi connectivity index (χ2n) is 3.18. The van der Waals surface area contributed by atoms with Crippen molar-refractivity contribution < 1.29 is 18.3 Å². The minimum atomic E-state index is -2.92. The van der Waals surface area contributed by atoms with Gasteiger partial charge in [-0.15, -0.1) is 0 Å². The fourth-order valence-electron chi connectivity index (χ4n) is 0.815. The summed E-state index contributed by atoms with van der Waals surface area (Å²) in [5, 5.41) is 0. The van der Waals surface area contributed by atoms with Crippen LogP contribution in [-0.4, -0.2) is 34.0 Å². The predicted molar refractivity (Wildman–Crippen MR) is 56.3 cm³/mol. The van der Waals surface area contributed by atoms with Crippen LogP contribution in [0.15, 0.2) is 12.4 Å². The number of alkyl halides is 2. The Balaban J connectivity index is 2.62. The molecule has 0 aliphatic rings. The first-order chi connectivity index (χ1) is 7.42. The molecule has 1 aromatic rings. The highest BCUT2D eigenvalue weighted by Gasteiger charge is 2.22. The van der Waals surface area contributed by atoms with Gasteiger partial charge in [0.05, 0.1) is 18.1 Å². The molecule has 1 rings (SSSR count). The number of rotatable bonds is 5. The van der Waals surface area contributed by atoms with Gasteiger partial charge in [0.15, 0.2) is 18.2 Å². The van der Waals surface area contributed by atoms with E-state index in [0.717, 1.165) is 6.92 Å². The molecule has 0 atom stereocenters. The molecule has 7 heteroatoms. The van der Waals surface area contributed by atoms with E-state index in [1.807, 2.05) is 0 Å². The van der Waals surface area contributed by atoms with E-state index >= 15 is 0 Å². The van der Waals surface area contributed by atoms with E-state index in [4.69, 9.17) is 4.74 Å². The molecule has 0 radical (unpaired) electrons. The van der Waals surface area contributed by atoms with Gasteiger partial charge in [-0.05, 0) is 0 Å². The first-order valence-corrected chi connectivity index (χ1v) is 5.02. The lowest BCUT2D eigenvalue weighted by Gasteiger charge is -2.11. The Morgan fingerprint density at radius 1 is 1.50 bits per heavy atom. The first-order valence-electron chi connectivity index (χ1n) is 4.39. The normalized spacial score (nSPS) is 11.2. The molecule has 0 saturated heterocycles. The topological polar surface area (TPSA) is 52.1 Å². The second-order valence-corrected chi connectivity index (χ2v) is 3.50. The molecule has 0 aliphatic carbocycles. The summed E-state index contributed by atoms with van der Waals surface area (Å²) in [5.41, 5.74) is 0. The van der Waals surface area contributed by atoms with E-state index in [9.17, 15) is 13.6 Å². The average Bonchev–Trinajstić information content (AvgIpc) is 2.25. The summed E-state index contributed by atoms with van der Waals surface area (Å²) in [7, 11) is 0. The number of ether oxygens (including phenoxy) is 1. The maximum Gasteiger partial charge on any atom is 0.278 e. The molecule has 0 bridgehead atoms. The minimum absolute atomic E-state index is 0.00671. The summed E-state index contributed by atoms with van der Waals surface area (Å²) in [6.45, 7) is -0.0110. The van der Waals surface area contributed by atoms with Crippen LogP contribution in [0.4, 0.5) is 8.78 Å². The van der Waals surface area contributed by atoms with Crippen LogP contribution in [0.2, 0.25) is 0 Å². The number of aromatic nitrogens is 2. The fraction of sp³-hybridized carbons (Fsp3) is 0.444. The Morgan fingerprint density at radius 2 is 2.06 bits per heavy atom. The van der Waals surface area contributed by atoms with E-state index in [2.05, 4.69) is 22.6 Å². The van der Waals surface area contributed by atoms with Crippen molar-refractivity contribution in [3.8, 4) is 5.75 Å². The van der Waals surface area contributed by atoms with Crippen molar-refractivity contribution in [2.45, 2.75) is 12.8 Å². The van der Waals surface area contributed by atoms with Crippen molar-refractivity contribution in [3.05, 3.63) is 18.2 Å². The molecule has 1 heterocycles. The number of thiol groups is 1. The molecule has 0 fully saturated rings. The maximum absolute atomic E-state index is 12.4. The molecule has 0 saturated carbocycles. The number of nitrogens with zero attached hydrogens (tertiary/aromatic N) is 2. The molecule has 4 nitrogen and oxygen atoms in total. The molecule has 0 amide bonds. The SMILES string of the molecule is CC(F)(F)COc1cnc(C(=O)CS)nc1. The van der Waals surface area contributed by atoms with Gasteiger partial charge in [0.25, 0.3) is 5.92 Å². The summed E-state index contributed by atoms with van der Waals surface area (Å²) >= 11 is 3.77. The zero-order valence-corrected chi connectivity index (χ0v) is 9.38. The fourth-order valence-corrected chi connectivity index (χ4v) is 0.957. The molecule has 16 heavy (non-hydrogen) atoms. The third kappa shape index (κ3) is 4.09. The number of carbonyl (C=O) groups is 1. The number of halogens is 2. The molecule has 1 aromatic heterocycles. The molecular weight excluding hydrogens is 238 g/mol. The molecule has 0 aromatic carbocycles. The highest BCUT2D eigenvalue weighted by atomic mass is 32.1. The summed E-state index contributed by atoms with van der Waals surface area (Å²) in [6.07, 6.45) is 2.35. The Bertz CT molecular complexity index is 365. The Hall–Kier alpha value is -1.24. The van der Waals surface area contributed by atoms with E-state index in [1.54, 1.807) is 0 Å². The monoisotopic (exact) mass is 248 g/mol. The van der Waals surface area contributed by atoms with Gasteiger partial charge in [-0.25, -0.2) is 18.7 Å². The number of hydrogen-bond donors (Lipinski definition) is 1. The predicted octanol–water partition coefficient (Wildman–Crippen LogP) is 1.62. The lowest BCUT2D eigenvalue weighted by atomic mass is 10.4. The highest BCUT2D eigenvalue weighted by molar-refractivity contribution is 7.81. The lowest BCUT2D eigenvalue weighted by Crippen LogP contribution is -2.21. The number of carbonyl (C=O) groups excluding carboxylic acids is 1. The number of Topliss-reactive ketones (excluding diaryl/α,β-unsaturated/α-hetero) is 1. The third-order valence-electron chi connectivity index (χ3n) is 1.51. The molecule has 0 N–H and O–H groups in total. The first kappa shape index (κ1) is 12.8. The van der Waals surface area contributed by atoms with Crippen molar-refractivity contribution in [2.24, 2.45) is 0 Å². The van der Waals surface area contributed by atoms with Gasteiger partial charge in [-0.1, -0.05) is 0 Å². The van der Waals surface area contributed by atoms with Gasteiger partial charge in [0, 0.05) is 6.92 Å². The highest BCUT2D eigenvalue weighted by Crippen LogP contribution is 2.14. The van der Waals surface area contributed by atoms with Crippen LogP contribution >= 0.6 is 12.6 Å². The quantitative estimate of drug-likeness (QED) is 0.635. The third-order valence-corrected chi connectivity index (χ3v) is 1.80. The summed E-state index contributed by atoms with van der Waals surface area (Å²) < 4.78 is 29.6. The molecular formula is C9H10F2N2O2S. The number of ketones is 1. The average molecular weight is 248 g/mol. The van der Waals surface area contributed by atoms with Crippen molar-refractivity contribution in [1.29, 1.82) is 0 Å². The van der Waals surface area contributed by atoms with Crippen LogP contribution in [0.25, 0.3) is 0 Å². The van der Waals surface area contributed by atoms with Gasteiger partial charge in [-0.3, -0.25) is 4.79 Å². The largest absolute Gasteiger partial charge is 0.484 e. The van der Waals surface area contributed by atoms with E-state index in [-0.39, 0.29) is 23.1 Å². The van der Waals surface area contributed by atoms with Gasteiger partial charge in [0.2, 0.25) is 5.78 Å². The maximum atomic E-state index is 12.4. The summed E-state index contributed by atoms with van der Waals surface area (Å²) in [6, 6.07) is 0. The van der Waals surface area contributed by atoms with Crippen LogP contribution in [0.3, 0.4) is 0 Å². The minimum Gasteiger partial charge on any atom is -0.484 e. The van der Waals surface area contributed by atoms with Gasteiger partial charge < -0.3 is 4.74 Å². The van der Waals surface area contributed by atoms with E-state index < -0.39 is 12.5 Å². The summed E-state index contributed by atoms with van der Waals surface area (Å²) in [4.78, 5) is 18.4. The van der Waals surface area contributed by atoms with Crippen LogP contribution < -0.4 is 4.74 Å². The van der Waals surface area contributed by atoms with Crippen molar-refractivity contribution in [1.82, 2.24) is 9.97 Å². The Labute approximate surface area is 96.5 Å². The Morgan fingerprint density at radius 3 is 2.50 bits per heavy atom. The van der Waals surface area contributed by atoms with Crippen molar-refractivity contribution in [3.63, 3.8) is 0 Å². The Kier molecular flexibility index (Phi) is 4.17. The van der Waals surface area contributed by atoms with Crippen molar-refractivity contribution in [2.75, 3.05) is 12.4 Å². The second kappa shape index (κ2) is 5.20. The molecule has 0 spiro atoms. The summed E-state index contributed by atoms with van der Waals surface area (Å²) in [5.74, 6) is -3.18. The van der Waals surface area contributed by atoms with Gasteiger partial charge >= 0.3 is 0 Å². The zero-order chi connectivity index (χ0) is 12.2. The van der Waals surface area contributed by atoms with Crippen LogP contribution in [0.5, 0.6) is 5.75 Å². The molecule has 0 aliphatic heterocycles. The molecule has 0 unspecified atom stereocenters. The zero-order valence-electron chi connectivity index (χ0n) is 8.48. The lowest BCUT2D eigenvalue weighted by molar-refractivity contribution is -0.0231. The van der Waals surface area contributed by atoms with Gasteiger partial charge in [0.1, 0.15) is 0 Å². The van der Waals surface area contributed by atoms with Gasteiger partial charge in [-0.2, -0.15) is 12.6 Å². The van der Waals surface area contributed by atoms with Crippen LogP contribution in [-0.2, 0) is 0 Å². The van der Waals surface area contributed by atoms with E-state index in [1.165, 1.54) is 12.4 Å². The standard InChI is InChI=1S/C9H10F2N2O2S/c1-9(10,11)5-15-6-2-12-8(13-3-6)7(14)4-16/h2-3,16H,4-5H2,1H3. The van der Waals surface area contributed by atoms with Crippen molar-refractivity contribution >= 4 is 18.4 Å². The van der Waals surface area contributed by atoms with Crippen LogP contribution in [0, 0.1) is 0 Å². The van der Waals surface area contributed by atoms with Crippen LogP contribution in [0.1, 0.15) is 17.5 Å². The smallest absolute Gasteiger partial charge is 0.278 e.